The summed E-state index contributed by atoms with van der Waals surface area (Å²) in [6.07, 6.45) is 0. The zero-order valence-electron chi connectivity index (χ0n) is 15.4. The quantitative estimate of drug-likeness (QED) is 0.622. The average Bonchev–Trinajstić information content (AvgIpc) is 3.20. The summed E-state index contributed by atoms with van der Waals surface area (Å²) in [6, 6.07) is 7.17. The molecule has 1 saturated heterocycles. The number of benzene rings is 1. The largest absolute Gasteiger partial charge is 0.497 e. The molecular formula is C17H21N5O4S2. The first-order valence-corrected chi connectivity index (χ1v) is 10.4. The molecule has 2 amide bonds. The molecule has 0 radical (unpaired) electrons. The standard InChI is InChI=1S/C17H21N5O4S2/c1-25-12-3-2-4-13(9-12)26-10-15(24)21-5-7-22(8-6-21)16-19-20-17(28-16)27-11-14(18)23/h2-4,9H,5-8,10-11H2,1H3,(H2,18,23). The normalized spacial score (nSPS) is 14.0. The summed E-state index contributed by atoms with van der Waals surface area (Å²) in [5.74, 6) is 1.03. The third kappa shape index (κ3) is 5.49. The molecule has 0 spiro atoms. The Morgan fingerprint density at radius 1 is 1.21 bits per heavy atom. The van der Waals surface area contributed by atoms with Crippen LogP contribution in [0.2, 0.25) is 0 Å². The van der Waals surface area contributed by atoms with Crippen LogP contribution in [0, 0.1) is 0 Å². The maximum atomic E-state index is 12.4. The lowest BCUT2D eigenvalue weighted by atomic mass is 10.3. The van der Waals surface area contributed by atoms with Crippen LogP contribution in [-0.2, 0) is 9.59 Å². The minimum atomic E-state index is -0.384. The lowest BCUT2D eigenvalue weighted by molar-refractivity contribution is -0.133. The van der Waals surface area contributed by atoms with Crippen LogP contribution < -0.4 is 20.1 Å². The van der Waals surface area contributed by atoms with Crippen molar-refractivity contribution in [3.63, 3.8) is 0 Å². The molecule has 2 aromatic rings. The van der Waals surface area contributed by atoms with Crippen molar-refractivity contribution in [3.05, 3.63) is 24.3 Å². The van der Waals surface area contributed by atoms with Gasteiger partial charge in [-0.3, -0.25) is 9.59 Å². The van der Waals surface area contributed by atoms with Gasteiger partial charge in [0.05, 0.1) is 12.9 Å². The number of piperazine rings is 1. The zero-order chi connectivity index (χ0) is 19.9. The van der Waals surface area contributed by atoms with Gasteiger partial charge in [0.25, 0.3) is 5.91 Å². The van der Waals surface area contributed by atoms with Gasteiger partial charge in [-0.15, -0.1) is 10.2 Å². The number of carbonyl (C=O) groups excluding carboxylic acids is 2. The molecule has 0 aliphatic carbocycles. The van der Waals surface area contributed by atoms with E-state index in [1.807, 2.05) is 12.1 Å². The number of carbonyl (C=O) groups is 2. The van der Waals surface area contributed by atoms with Crippen molar-refractivity contribution in [1.82, 2.24) is 15.1 Å². The Kier molecular flexibility index (Phi) is 6.93. The summed E-state index contributed by atoms with van der Waals surface area (Å²) >= 11 is 2.70. The van der Waals surface area contributed by atoms with Crippen LogP contribution in [0.25, 0.3) is 0 Å². The molecule has 9 nitrogen and oxygen atoms in total. The van der Waals surface area contributed by atoms with E-state index in [2.05, 4.69) is 15.1 Å². The number of ether oxygens (including phenoxy) is 2. The summed E-state index contributed by atoms with van der Waals surface area (Å²) in [7, 11) is 1.58. The molecule has 11 heteroatoms. The number of rotatable bonds is 8. The van der Waals surface area contributed by atoms with E-state index < -0.39 is 0 Å². The number of aromatic nitrogens is 2. The minimum Gasteiger partial charge on any atom is -0.497 e. The lowest BCUT2D eigenvalue weighted by Gasteiger charge is -2.34. The summed E-state index contributed by atoms with van der Waals surface area (Å²) in [5.41, 5.74) is 5.14. The molecule has 1 fully saturated rings. The molecule has 1 aromatic heterocycles. The Bertz CT molecular complexity index is 823. The van der Waals surface area contributed by atoms with E-state index in [1.54, 1.807) is 24.1 Å². The van der Waals surface area contributed by atoms with Crippen molar-refractivity contribution in [1.29, 1.82) is 0 Å². The van der Waals surface area contributed by atoms with Crippen molar-refractivity contribution in [3.8, 4) is 11.5 Å². The summed E-state index contributed by atoms with van der Waals surface area (Å²) in [4.78, 5) is 27.1. The summed E-state index contributed by atoms with van der Waals surface area (Å²) < 4.78 is 11.4. The van der Waals surface area contributed by atoms with Crippen molar-refractivity contribution < 1.29 is 19.1 Å². The van der Waals surface area contributed by atoms with Crippen LogP contribution in [0.5, 0.6) is 11.5 Å². The topological polar surface area (TPSA) is 111 Å². The van der Waals surface area contributed by atoms with Gasteiger partial charge >= 0.3 is 0 Å². The Balaban J connectivity index is 1.45. The fourth-order valence-corrected chi connectivity index (χ4v) is 4.23. The van der Waals surface area contributed by atoms with E-state index in [0.717, 1.165) is 5.13 Å². The number of methoxy groups -OCH3 is 1. The first kappa shape index (κ1) is 20.2. The number of nitrogens with zero attached hydrogens (tertiary/aromatic N) is 4. The number of hydrogen-bond donors (Lipinski definition) is 1. The fourth-order valence-electron chi connectivity index (χ4n) is 2.60. The Morgan fingerprint density at radius 2 is 1.96 bits per heavy atom. The van der Waals surface area contributed by atoms with Crippen molar-refractivity contribution in [2.75, 3.05) is 50.5 Å². The molecule has 2 N–H and O–H groups in total. The average molecular weight is 424 g/mol. The van der Waals surface area contributed by atoms with Crippen LogP contribution >= 0.6 is 23.1 Å². The molecule has 0 unspecified atom stereocenters. The molecule has 2 heterocycles. The number of thioether (sulfide) groups is 1. The van der Waals surface area contributed by atoms with Gasteiger partial charge in [0.2, 0.25) is 11.0 Å². The van der Waals surface area contributed by atoms with Gasteiger partial charge in [0, 0.05) is 32.2 Å². The minimum absolute atomic E-state index is 0.0140. The van der Waals surface area contributed by atoms with E-state index in [-0.39, 0.29) is 24.2 Å². The first-order valence-electron chi connectivity index (χ1n) is 8.59. The monoisotopic (exact) mass is 423 g/mol. The molecule has 1 aromatic carbocycles. The highest BCUT2D eigenvalue weighted by Gasteiger charge is 2.23. The smallest absolute Gasteiger partial charge is 0.260 e. The number of anilines is 1. The zero-order valence-corrected chi connectivity index (χ0v) is 17.0. The maximum absolute atomic E-state index is 12.4. The van der Waals surface area contributed by atoms with Crippen LogP contribution in [0.1, 0.15) is 0 Å². The molecule has 0 atom stereocenters. The number of nitrogens with two attached hydrogens (primary N) is 1. The fraction of sp³-hybridized carbons (Fsp3) is 0.412. The SMILES string of the molecule is COc1cccc(OCC(=O)N2CCN(c3nnc(SCC(N)=O)s3)CC2)c1. The van der Waals surface area contributed by atoms with Gasteiger partial charge in [-0.1, -0.05) is 29.2 Å². The Labute approximate surface area is 170 Å². The van der Waals surface area contributed by atoms with Crippen molar-refractivity contribution in [2.45, 2.75) is 4.34 Å². The predicted octanol–water partition coefficient (Wildman–Crippen LogP) is 0.852. The number of amides is 2. The molecule has 28 heavy (non-hydrogen) atoms. The van der Waals surface area contributed by atoms with E-state index in [9.17, 15) is 9.59 Å². The highest BCUT2D eigenvalue weighted by Crippen LogP contribution is 2.28. The van der Waals surface area contributed by atoms with Gasteiger partial charge in [0.15, 0.2) is 10.9 Å². The third-order valence-corrected chi connectivity index (χ3v) is 6.18. The van der Waals surface area contributed by atoms with E-state index >= 15 is 0 Å². The lowest BCUT2D eigenvalue weighted by Crippen LogP contribution is -2.50. The highest BCUT2D eigenvalue weighted by atomic mass is 32.2. The van der Waals surface area contributed by atoms with Crippen LogP contribution in [0.4, 0.5) is 5.13 Å². The van der Waals surface area contributed by atoms with Crippen molar-refractivity contribution in [2.24, 2.45) is 5.73 Å². The van der Waals surface area contributed by atoms with Gasteiger partial charge < -0.3 is 25.0 Å². The Hall–Kier alpha value is -2.53. The number of primary amides is 1. The molecule has 3 rings (SSSR count). The molecular weight excluding hydrogens is 402 g/mol. The highest BCUT2D eigenvalue weighted by molar-refractivity contribution is 8.01. The molecule has 150 valence electrons. The Morgan fingerprint density at radius 3 is 2.68 bits per heavy atom. The summed E-state index contributed by atoms with van der Waals surface area (Å²) in [5, 5.41) is 9.01. The molecule has 1 aliphatic heterocycles. The molecule has 0 bridgehead atoms. The van der Waals surface area contributed by atoms with Gasteiger partial charge in [-0.2, -0.15) is 0 Å². The van der Waals surface area contributed by atoms with E-state index in [4.69, 9.17) is 15.2 Å². The second-order valence-corrected chi connectivity index (χ2v) is 8.12. The predicted molar refractivity (Wildman–Crippen MR) is 107 cm³/mol. The van der Waals surface area contributed by atoms with E-state index in [1.165, 1.54) is 23.1 Å². The second-order valence-electron chi connectivity index (χ2n) is 5.94. The van der Waals surface area contributed by atoms with Crippen molar-refractivity contribution >= 4 is 40.0 Å². The van der Waals surface area contributed by atoms with Gasteiger partial charge in [0.1, 0.15) is 11.5 Å². The molecule has 1 aliphatic rings. The maximum Gasteiger partial charge on any atom is 0.260 e. The van der Waals surface area contributed by atoms with Crippen LogP contribution in [-0.4, -0.2) is 72.6 Å². The molecule has 0 saturated carbocycles. The first-order chi connectivity index (χ1) is 13.5. The van der Waals surface area contributed by atoms with Gasteiger partial charge in [-0.05, 0) is 12.1 Å². The van der Waals surface area contributed by atoms with Crippen LogP contribution in [0.15, 0.2) is 28.6 Å². The van der Waals surface area contributed by atoms with E-state index in [0.29, 0.717) is 42.0 Å². The summed E-state index contributed by atoms with van der Waals surface area (Å²) in [6.45, 7) is 2.49. The third-order valence-electron chi connectivity index (χ3n) is 4.04. The van der Waals surface area contributed by atoms with Crippen LogP contribution in [0.3, 0.4) is 0 Å². The second kappa shape index (κ2) is 9.60. The number of hydrogen-bond acceptors (Lipinski definition) is 9. The van der Waals surface area contributed by atoms with Gasteiger partial charge in [-0.25, -0.2) is 0 Å².